The van der Waals surface area contributed by atoms with E-state index >= 15 is 0 Å². The smallest absolute Gasteiger partial charge is 0.303 e. The number of nitrogens with zero attached hydrogens (tertiary/aromatic N) is 1. The highest BCUT2D eigenvalue weighted by Crippen LogP contribution is 2.21. The summed E-state index contributed by atoms with van der Waals surface area (Å²) in [6.07, 6.45) is 1.95. The molecule has 5 heteroatoms. The molecule has 1 aromatic rings. The van der Waals surface area contributed by atoms with E-state index in [2.05, 4.69) is 0 Å². The molecule has 0 bridgehead atoms. The molecule has 0 radical (unpaired) electrons. The van der Waals surface area contributed by atoms with Crippen molar-refractivity contribution in [3.8, 4) is 0 Å². The Morgan fingerprint density at radius 3 is 2.58 bits per heavy atom. The molecule has 1 unspecified atom stereocenters. The summed E-state index contributed by atoms with van der Waals surface area (Å²) in [7, 11) is 0. The van der Waals surface area contributed by atoms with Crippen molar-refractivity contribution in [2.75, 3.05) is 11.4 Å². The van der Waals surface area contributed by atoms with Crippen molar-refractivity contribution >= 4 is 17.6 Å². The molecule has 1 aliphatic heterocycles. The zero-order valence-electron chi connectivity index (χ0n) is 10.7. The van der Waals surface area contributed by atoms with Crippen LogP contribution in [0.3, 0.4) is 0 Å². The fourth-order valence-corrected chi connectivity index (χ4v) is 2.27. The second kappa shape index (κ2) is 5.84. The number of carboxylic acids is 1. The maximum absolute atomic E-state index is 11.7. The lowest BCUT2D eigenvalue weighted by molar-refractivity contribution is -0.137. The maximum Gasteiger partial charge on any atom is 0.303 e. The third kappa shape index (κ3) is 3.54. The lowest BCUT2D eigenvalue weighted by atomic mass is 10.1. The predicted octanol–water partition coefficient (Wildman–Crippen LogP) is 1.16. The molecule has 1 atom stereocenters. The molecule has 1 aromatic carbocycles. The SMILES string of the molecule is NC1CC(=O)N(c2ccc(CCCC(=O)O)cc2)C1. The topological polar surface area (TPSA) is 83.6 Å². The number of carboxylic acid groups (broad SMARTS) is 1. The number of aliphatic carboxylic acids is 1. The molecule has 1 amide bonds. The number of anilines is 1. The summed E-state index contributed by atoms with van der Waals surface area (Å²) in [6, 6.07) is 7.59. The standard InChI is InChI=1S/C14H18N2O3/c15-11-8-13(17)16(9-11)12-6-4-10(5-7-12)2-1-3-14(18)19/h4-7,11H,1-3,8-9,15H2,(H,18,19). The molecule has 1 heterocycles. The predicted molar refractivity (Wildman–Crippen MR) is 72.0 cm³/mol. The number of rotatable bonds is 5. The molecule has 3 N–H and O–H groups in total. The molecule has 19 heavy (non-hydrogen) atoms. The highest BCUT2D eigenvalue weighted by atomic mass is 16.4. The molecule has 1 saturated heterocycles. The van der Waals surface area contributed by atoms with Gasteiger partial charge in [0, 0.05) is 31.1 Å². The summed E-state index contributed by atoms with van der Waals surface area (Å²) in [5.41, 5.74) is 7.70. The first kappa shape index (κ1) is 13.5. The van der Waals surface area contributed by atoms with Gasteiger partial charge in [-0.2, -0.15) is 0 Å². The van der Waals surface area contributed by atoms with E-state index in [1.165, 1.54) is 0 Å². The molecule has 0 aliphatic carbocycles. The Bertz CT molecular complexity index is 470. The van der Waals surface area contributed by atoms with Crippen LogP contribution in [0.1, 0.15) is 24.8 Å². The Balaban J connectivity index is 1.95. The van der Waals surface area contributed by atoms with Crippen molar-refractivity contribution in [3.63, 3.8) is 0 Å². The van der Waals surface area contributed by atoms with Gasteiger partial charge in [0.25, 0.3) is 0 Å². The molecule has 1 fully saturated rings. The second-order valence-electron chi connectivity index (χ2n) is 4.88. The average molecular weight is 262 g/mol. The van der Waals surface area contributed by atoms with Crippen LogP contribution in [0.2, 0.25) is 0 Å². The van der Waals surface area contributed by atoms with E-state index in [1.54, 1.807) is 4.90 Å². The Kier molecular flexibility index (Phi) is 4.16. The number of nitrogens with two attached hydrogens (primary N) is 1. The zero-order valence-corrected chi connectivity index (χ0v) is 10.7. The van der Waals surface area contributed by atoms with E-state index in [0.29, 0.717) is 19.4 Å². The van der Waals surface area contributed by atoms with Crippen LogP contribution in [0, 0.1) is 0 Å². The van der Waals surface area contributed by atoms with E-state index < -0.39 is 5.97 Å². The molecule has 2 rings (SSSR count). The lowest BCUT2D eigenvalue weighted by Gasteiger charge is -2.16. The fraction of sp³-hybridized carbons (Fsp3) is 0.429. The Morgan fingerprint density at radius 2 is 2.05 bits per heavy atom. The third-order valence-corrected chi connectivity index (χ3v) is 3.26. The normalized spacial score (nSPS) is 18.9. The van der Waals surface area contributed by atoms with E-state index in [9.17, 15) is 9.59 Å². The highest BCUT2D eigenvalue weighted by molar-refractivity contribution is 5.96. The summed E-state index contributed by atoms with van der Waals surface area (Å²) in [5, 5.41) is 8.58. The Hall–Kier alpha value is -1.88. The Labute approximate surface area is 112 Å². The van der Waals surface area contributed by atoms with Gasteiger partial charge in [-0.3, -0.25) is 9.59 Å². The fourth-order valence-electron chi connectivity index (χ4n) is 2.27. The molecule has 0 saturated carbocycles. The monoisotopic (exact) mass is 262 g/mol. The molecular formula is C14H18N2O3. The van der Waals surface area contributed by atoms with Crippen LogP contribution in [0.15, 0.2) is 24.3 Å². The third-order valence-electron chi connectivity index (χ3n) is 3.26. The van der Waals surface area contributed by atoms with Crippen LogP contribution in [-0.2, 0) is 16.0 Å². The number of benzene rings is 1. The Morgan fingerprint density at radius 1 is 1.37 bits per heavy atom. The van der Waals surface area contributed by atoms with Crippen molar-refractivity contribution in [2.24, 2.45) is 5.73 Å². The largest absolute Gasteiger partial charge is 0.481 e. The first-order chi connectivity index (χ1) is 9.06. The van der Waals surface area contributed by atoms with E-state index in [0.717, 1.165) is 17.7 Å². The van der Waals surface area contributed by atoms with Gasteiger partial charge in [-0.25, -0.2) is 0 Å². The summed E-state index contributed by atoms with van der Waals surface area (Å²) < 4.78 is 0. The number of carbonyl (C=O) groups is 2. The maximum atomic E-state index is 11.7. The summed E-state index contributed by atoms with van der Waals surface area (Å²) in [5.74, 6) is -0.709. The minimum atomic E-state index is -0.770. The van der Waals surface area contributed by atoms with Gasteiger partial charge in [-0.05, 0) is 30.5 Å². The quantitative estimate of drug-likeness (QED) is 0.834. The number of hydrogen-bond donors (Lipinski definition) is 2. The molecule has 102 valence electrons. The van der Waals surface area contributed by atoms with Crippen molar-refractivity contribution < 1.29 is 14.7 Å². The molecule has 0 aromatic heterocycles. The van der Waals surface area contributed by atoms with E-state index in [1.807, 2.05) is 24.3 Å². The van der Waals surface area contributed by atoms with Gasteiger partial charge in [0.1, 0.15) is 0 Å². The first-order valence-electron chi connectivity index (χ1n) is 6.43. The minimum absolute atomic E-state index is 0.0612. The second-order valence-corrected chi connectivity index (χ2v) is 4.88. The lowest BCUT2D eigenvalue weighted by Crippen LogP contribution is -2.27. The van der Waals surface area contributed by atoms with Crippen LogP contribution in [0.5, 0.6) is 0 Å². The number of carbonyl (C=O) groups excluding carboxylic acids is 1. The van der Waals surface area contributed by atoms with Crippen molar-refractivity contribution in [3.05, 3.63) is 29.8 Å². The van der Waals surface area contributed by atoms with Gasteiger partial charge < -0.3 is 15.7 Å². The molecular weight excluding hydrogens is 244 g/mol. The molecule has 5 nitrogen and oxygen atoms in total. The summed E-state index contributed by atoms with van der Waals surface area (Å²) in [4.78, 5) is 23.8. The first-order valence-corrected chi connectivity index (χ1v) is 6.43. The van der Waals surface area contributed by atoms with Crippen LogP contribution in [0.25, 0.3) is 0 Å². The van der Waals surface area contributed by atoms with Crippen molar-refractivity contribution in [2.45, 2.75) is 31.7 Å². The van der Waals surface area contributed by atoms with Gasteiger partial charge in [0.15, 0.2) is 0 Å². The van der Waals surface area contributed by atoms with Crippen LogP contribution in [-0.4, -0.2) is 29.6 Å². The molecule has 0 spiro atoms. The summed E-state index contributed by atoms with van der Waals surface area (Å²) in [6.45, 7) is 0.567. The zero-order chi connectivity index (χ0) is 13.8. The summed E-state index contributed by atoms with van der Waals surface area (Å²) >= 11 is 0. The van der Waals surface area contributed by atoms with Crippen LogP contribution < -0.4 is 10.6 Å². The van der Waals surface area contributed by atoms with Gasteiger partial charge in [0.2, 0.25) is 5.91 Å². The highest BCUT2D eigenvalue weighted by Gasteiger charge is 2.27. The van der Waals surface area contributed by atoms with E-state index in [-0.39, 0.29) is 18.4 Å². The minimum Gasteiger partial charge on any atom is -0.481 e. The van der Waals surface area contributed by atoms with E-state index in [4.69, 9.17) is 10.8 Å². The van der Waals surface area contributed by atoms with Gasteiger partial charge in [-0.15, -0.1) is 0 Å². The van der Waals surface area contributed by atoms with Crippen LogP contribution in [0.4, 0.5) is 5.69 Å². The average Bonchev–Trinajstić information content (AvgIpc) is 2.69. The number of hydrogen-bond acceptors (Lipinski definition) is 3. The van der Waals surface area contributed by atoms with Gasteiger partial charge in [0.05, 0.1) is 0 Å². The van der Waals surface area contributed by atoms with Gasteiger partial charge in [-0.1, -0.05) is 12.1 Å². The number of amides is 1. The van der Waals surface area contributed by atoms with Crippen molar-refractivity contribution in [1.82, 2.24) is 0 Å². The number of aryl methyl sites for hydroxylation is 1. The van der Waals surface area contributed by atoms with Crippen LogP contribution >= 0.6 is 0 Å². The molecule has 1 aliphatic rings. The van der Waals surface area contributed by atoms with Crippen molar-refractivity contribution in [1.29, 1.82) is 0 Å². The van der Waals surface area contributed by atoms with Gasteiger partial charge >= 0.3 is 5.97 Å².